The Balaban J connectivity index is -0.0000000312. The molecule has 0 aromatic rings. The van der Waals surface area contributed by atoms with Gasteiger partial charge in [-0.15, -0.1) is 65.8 Å². The largest absolute Gasteiger partial charge is 0.100 e. The first kappa shape index (κ1) is 66.0. The summed E-state index contributed by atoms with van der Waals surface area (Å²) < 4.78 is 0. The second-order valence-corrected chi connectivity index (χ2v) is 12.1. The van der Waals surface area contributed by atoms with Crippen molar-refractivity contribution < 1.29 is 0 Å². The quantitative estimate of drug-likeness (QED) is 0.258. The fourth-order valence-electron chi connectivity index (χ4n) is 0. The van der Waals surface area contributed by atoms with Gasteiger partial charge in [0.2, 0.25) is 0 Å². The van der Waals surface area contributed by atoms with Gasteiger partial charge in [-0.3, -0.25) is 0 Å². The van der Waals surface area contributed by atoms with Crippen molar-refractivity contribution in [1.82, 2.24) is 0 Å². The van der Waals surface area contributed by atoms with Gasteiger partial charge in [0.15, 0.2) is 0 Å². The van der Waals surface area contributed by atoms with Crippen LogP contribution in [0.25, 0.3) is 0 Å². The number of hydrogen-bond acceptors (Lipinski definition) is 0. The van der Waals surface area contributed by atoms with E-state index >= 15 is 0 Å². The molecular weight excluding hydrogens is 480 g/mol. The van der Waals surface area contributed by atoms with Crippen LogP contribution < -0.4 is 0 Å². The van der Waals surface area contributed by atoms with Gasteiger partial charge in [0.1, 0.15) is 0 Å². The van der Waals surface area contributed by atoms with E-state index in [1.165, 1.54) is 55.7 Å². The highest BCUT2D eigenvalue weighted by Gasteiger charge is 1.55. The molecule has 0 heteroatoms. The van der Waals surface area contributed by atoms with Crippen molar-refractivity contribution in [1.29, 1.82) is 0 Å². The van der Waals surface area contributed by atoms with Gasteiger partial charge in [-0.1, -0.05) is 55.7 Å². The average Bonchev–Trinajstić information content (AvgIpc) is 2.47. The molecule has 0 rings (SSSR count). The maximum atomic E-state index is 3.56. The van der Waals surface area contributed by atoms with Crippen molar-refractivity contribution in [2.75, 3.05) is 0 Å². The predicted molar refractivity (Wildman–Crippen MR) is 205 cm³/mol. The highest BCUT2D eigenvalue weighted by atomic mass is 13.6. The van der Waals surface area contributed by atoms with E-state index in [1.807, 2.05) is 138 Å². The lowest BCUT2D eigenvalue weighted by atomic mass is 10.4. The molecule has 240 valence electrons. The van der Waals surface area contributed by atoms with Crippen molar-refractivity contribution in [3.8, 4) is 0 Å². The summed E-state index contributed by atoms with van der Waals surface area (Å²) in [7, 11) is 0. The maximum absolute atomic E-state index is 3.56. The molecule has 40 heavy (non-hydrogen) atoms. The zero-order valence-corrected chi connectivity index (χ0v) is 32.1. The Morgan fingerprint density at radius 1 is 0.150 bits per heavy atom. The van der Waals surface area contributed by atoms with E-state index in [2.05, 4.69) is 65.8 Å². The minimum atomic E-state index is 1.17. The Labute approximate surface area is 259 Å². The molecule has 0 atom stereocenters. The van der Waals surface area contributed by atoms with E-state index in [-0.39, 0.29) is 0 Å². The Bertz CT molecular complexity index is 430. The van der Waals surface area contributed by atoms with Gasteiger partial charge in [0, 0.05) is 0 Å². The summed E-state index contributed by atoms with van der Waals surface area (Å²) in [5.74, 6) is 0. The SMILES string of the molecule is C=C(C)C.C=C(C)C.C=C(C)C.C=C(C)C.C=C(C)C.C=C(C)C.C=C(C)C.C=C(C)C.C=C(C)C.C=C(C)C. The summed E-state index contributed by atoms with van der Waals surface area (Å²) in [5, 5.41) is 0. The molecule has 0 saturated heterocycles. The molecule has 0 aromatic heterocycles. The molecule has 0 fully saturated rings. The van der Waals surface area contributed by atoms with E-state index in [9.17, 15) is 0 Å². The molecule has 0 amide bonds. The van der Waals surface area contributed by atoms with Crippen LogP contribution in [0.15, 0.2) is 122 Å². The predicted octanol–water partition coefficient (Wildman–Crippen LogP) is 15.8. The molecule has 0 bridgehead atoms. The van der Waals surface area contributed by atoms with Gasteiger partial charge in [-0.05, 0) is 138 Å². The first-order valence-corrected chi connectivity index (χ1v) is 13.5. The second-order valence-electron chi connectivity index (χ2n) is 12.1. The Hall–Kier alpha value is -2.60. The van der Waals surface area contributed by atoms with Crippen LogP contribution in [0.3, 0.4) is 0 Å². The van der Waals surface area contributed by atoms with Crippen LogP contribution in [0.5, 0.6) is 0 Å². The number of allylic oxidation sites excluding steroid dienone is 10. The van der Waals surface area contributed by atoms with E-state index in [4.69, 9.17) is 0 Å². The molecule has 0 N–H and O–H groups in total. The number of hydrogen-bond donors (Lipinski definition) is 0. The van der Waals surface area contributed by atoms with Crippen LogP contribution in [-0.4, -0.2) is 0 Å². The summed E-state index contributed by atoms with van der Waals surface area (Å²) in [6.07, 6.45) is 0. The Morgan fingerprint density at radius 3 is 0.150 bits per heavy atom. The van der Waals surface area contributed by atoms with Gasteiger partial charge in [0.25, 0.3) is 0 Å². The fraction of sp³-hybridized carbons (Fsp3) is 0.500. The van der Waals surface area contributed by atoms with E-state index < -0.39 is 0 Å². The molecule has 0 saturated carbocycles. The third-order valence-corrected chi connectivity index (χ3v) is 0. The molecule has 0 aliphatic rings. The first-order valence-electron chi connectivity index (χ1n) is 13.5. The van der Waals surface area contributed by atoms with Crippen molar-refractivity contribution in [2.24, 2.45) is 0 Å². The minimum Gasteiger partial charge on any atom is -0.100 e. The van der Waals surface area contributed by atoms with Gasteiger partial charge < -0.3 is 0 Å². The van der Waals surface area contributed by atoms with Crippen LogP contribution in [0.4, 0.5) is 0 Å². The highest BCUT2D eigenvalue weighted by Crippen LogP contribution is 1.77. The summed E-state index contributed by atoms with van der Waals surface area (Å²) in [6.45, 7) is 75.0. The molecule has 0 unspecified atom stereocenters. The van der Waals surface area contributed by atoms with Crippen LogP contribution in [0, 0.1) is 0 Å². The van der Waals surface area contributed by atoms with Crippen LogP contribution in [0.1, 0.15) is 138 Å². The Morgan fingerprint density at radius 2 is 0.150 bits per heavy atom. The van der Waals surface area contributed by atoms with Crippen molar-refractivity contribution in [3.05, 3.63) is 122 Å². The number of rotatable bonds is 0. The second kappa shape index (κ2) is 60.8. The molecule has 0 aromatic carbocycles. The normalized spacial score (nSPS) is 6.50. The molecule has 0 spiro atoms. The lowest BCUT2D eigenvalue weighted by Crippen LogP contribution is -1.43. The van der Waals surface area contributed by atoms with Gasteiger partial charge >= 0.3 is 0 Å². The van der Waals surface area contributed by atoms with Gasteiger partial charge in [0.05, 0.1) is 0 Å². The summed E-state index contributed by atoms with van der Waals surface area (Å²) >= 11 is 0. The van der Waals surface area contributed by atoms with Crippen molar-refractivity contribution in [3.63, 3.8) is 0 Å². The van der Waals surface area contributed by atoms with Crippen LogP contribution >= 0.6 is 0 Å². The van der Waals surface area contributed by atoms with Crippen LogP contribution in [-0.2, 0) is 0 Å². The molecule has 0 nitrogen and oxygen atoms in total. The highest BCUT2D eigenvalue weighted by molar-refractivity contribution is 4.82. The zero-order valence-electron chi connectivity index (χ0n) is 32.1. The lowest BCUT2D eigenvalue weighted by Gasteiger charge is -1.65. The molecular formula is C40H80. The summed E-state index contributed by atoms with van der Waals surface area (Å²) in [4.78, 5) is 0. The Kier molecular flexibility index (Phi) is 100. The fourth-order valence-corrected chi connectivity index (χ4v) is 0. The third-order valence-electron chi connectivity index (χ3n) is 0. The van der Waals surface area contributed by atoms with E-state index in [1.54, 1.807) is 0 Å². The molecule has 0 aliphatic heterocycles. The average molecular weight is 561 g/mol. The molecule has 0 aliphatic carbocycles. The van der Waals surface area contributed by atoms with Crippen molar-refractivity contribution >= 4 is 0 Å². The maximum Gasteiger partial charge on any atom is -0.0445 e. The van der Waals surface area contributed by atoms with Gasteiger partial charge in [-0.2, -0.15) is 0 Å². The lowest BCUT2D eigenvalue weighted by molar-refractivity contribution is 1.42. The standard InChI is InChI=1S/10C4H8/c10*1-4(2)3/h10*1H2,2-3H3. The summed E-state index contributed by atoms with van der Waals surface area (Å²) in [6, 6.07) is 0. The smallest absolute Gasteiger partial charge is 0.0445 e. The van der Waals surface area contributed by atoms with Crippen molar-refractivity contribution in [2.45, 2.75) is 138 Å². The first-order chi connectivity index (χ1) is 17.3. The topological polar surface area (TPSA) is 0 Å². The molecule has 0 heterocycles. The third kappa shape index (κ3) is 6200. The van der Waals surface area contributed by atoms with E-state index in [0.717, 1.165) is 0 Å². The van der Waals surface area contributed by atoms with Crippen LogP contribution in [0.2, 0.25) is 0 Å². The minimum absolute atomic E-state index is 1.17. The molecule has 0 radical (unpaired) electrons. The zero-order chi connectivity index (χ0) is 35.8. The summed E-state index contributed by atoms with van der Waals surface area (Å²) in [5.41, 5.74) is 11.7. The monoisotopic (exact) mass is 561 g/mol. The van der Waals surface area contributed by atoms with E-state index in [0.29, 0.717) is 0 Å². The van der Waals surface area contributed by atoms with Gasteiger partial charge in [-0.25, -0.2) is 0 Å².